The van der Waals surface area contributed by atoms with Gasteiger partial charge < -0.3 is 14.6 Å². The molecular formula is C26H39N2O3S-. The molecule has 2 rings (SSSR count). The third-order valence-corrected chi connectivity index (χ3v) is 5.89. The first-order chi connectivity index (χ1) is 15.7. The van der Waals surface area contributed by atoms with E-state index in [2.05, 4.69) is 64.6 Å². The normalized spacial score (nSPS) is 12.2. The standard InChI is InChI=1S/C26H40N2O3S/c29-32(30)28-20-8-6-11-24-15-17-25(18-16-24)14-10-22-31-21-9-2-1-7-19-27-23-26-12-4-3-5-13-26/h3-5,12-13,15-18,27-28H,1-2,6-11,14,19-23H2,(H,29,30)/p-1. The summed E-state index contributed by atoms with van der Waals surface area (Å²) >= 11 is -2.14. The van der Waals surface area contributed by atoms with Gasteiger partial charge in [-0.1, -0.05) is 67.4 Å². The molecule has 1 unspecified atom stereocenters. The van der Waals surface area contributed by atoms with Crippen LogP contribution in [0.4, 0.5) is 0 Å². The van der Waals surface area contributed by atoms with Gasteiger partial charge in [-0.05, 0) is 68.2 Å². The van der Waals surface area contributed by atoms with Crippen LogP contribution in [0.3, 0.4) is 0 Å². The molecule has 0 spiro atoms. The average Bonchev–Trinajstić information content (AvgIpc) is 2.81. The van der Waals surface area contributed by atoms with Crippen LogP contribution >= 0.6 is 0 Å². The first kappa shape index (κ1) is 26.7. The number of aryl methyl sites for hydroxylation is 2. The maximum atomic E-state index is 10.4. The minimum atomic E-state index is -2.14. The third kappa shape index (κ3) is 13.8. The van der Waals surface area contributed by atoms with Gasteiger partial charge in [0.05, 0.1) is 0 Å². The van der Waals surface area contributed by atoms with E-state index in [9.17, 15) is 8.76 Å². The maximum Gasteiger partial charge on any atom is 0.0469 e. The summed E-state index contributed by atoms with van der Waals surface area (Å²) in [4.78, 5) is 0. The number of unbranched alkanes of at least 4 members (excludes halogenated alkanes) is 4. The molecule has 0 aliphatic rings. The summed E-state index contributed by atoms with van der Waals surface area (Å²) in [6.07, 6.45) is 9.80. The topological polar surface area (TPSA) is 73.4 Å². The predicted molar refractivity (Wildman–Crippen MR) is 132 cm³/mol. The maximum absolute atomic E-state index is 10.4. The summed E-state index contributed by atoms with van der Waals surface area (Å²) in [5.74, 6) is 0. The van der Waals surface area contributed by atoms with Crippen LogP contribution in [0.25, 0.3) is 0 Å². The zero-order valence-electron chi connectivity index (χ0n) is 19.2. The van der Waals surface area contributed by atoms with E-state index in [1.807, 2.05) is 0 Å². The van der Waals surface area contributed by atoms with Gasteiger partial charge in [0.1, 0.15) is 0 Å². The van der Waals surface area contributed by atoms with Crippen molar-refractivity contribution in [2.45, 2.75) is 64.3 Å². The first-order valence-corrected chi connectivity index (χ1v) is 13.0. The summed E-state index contributed by atoms with van der Waals surface area (Å²) in [6.45, 7) is 4.24. The van der Waals surface area contributed by atoms with E-state index in [1.54, 1.807) is 0 Å². The SMILES string of the molecule is O=S([O-])NCCCCc1ccc(CCCOCCCCCCNCc2ccccc2)cc1. The highest BCUT2D eigenvalue weighted by atomic mass is 32.2. The van der Waals surface area contributed by atoms with Crippen LogP contribution < -0.4 is 10.0 Å². The Kier molecular flexibility index (Phi) is 14.9. The van der Waals surface area contributed by atoms with Gasteiger partial charge in [-0.3, -0.25) is 4.21 Å². The number of ether oxygens (including phenoxy) is 1. The second kappa shape index (κ2) is 17.9. The average molecular weight is 460 g/mol. The zero-order valence-corrected chi connectivity index (χ0v) is 20.0. The Hall–Kier alpha value is -1.57. The molecule has 0 saturated carbocycles. The molecule has 6 heteroatoms. The Labute approximate surface area is 196 Å². The van der Waals surface area contributed by atoms with Crippen molar-refractivity contribution in [1.29, 1.82) is 0 Å². The molecule has 0 amide bonds. The minimum absolute atomic E-state index is 0.514. The van der Waals surface area contributed by atoms with Gasteiger partial charge in [-0.15, -0.1) is 0 Å². The molecule has 2 aromatic carbocycles. The van der Waals surface area contributed by atoms with Crippen LogP contribution in [0.1, 0.15) is 61.6 Å². The third-order valence-electron chi connectivity index (χ3n) is 5.45. The fourth-order valence-corrected chi connectivity index (χ4v) is 3.91. The highest BCUT2D eigenvalue weighted by Gasteiger charge is 1.98. The monoisotopic (exact) mass is 459 g/mol. The molecule has 0 saturated heterocycles. The largest absolute Gasteiger partial charge is 0.760 e. The van der Waals surface area contributed by atoms with Crippen molar-refractivity contribution in [3.63, 3.8) is 0 Å². The second-order valence-electron chi connectivity index (χ2n) is 8.20. The van der Waals surface area contributed by atoms with E-state index in [-0.39, 0.29) is 0 Å². The smallest absolute Gasteiger partial charge is 0.0469 e. The van der Waals surface area contributed by atoms with Crippen molar-refractivity contribution in [3.8, 4) is 0 Å². The van der Waals surface area contributed by atoms with E-state index in [1.165, 1.54) is 36.0 Å². The van der Waals surface area contributed by atoms with Crippen LogP contribution in [0.5, 0.6) is 0 Å². The summed E-state index contributed by atoms with van der Waals surface area (Å²) in [6, 6.07) is 19.3. The second-order valence-corrected chi connectivity index (χ2v) is 8.95. The van der Waals surface area contributed by atoms with Crippen molar-refractivity contribution >= 4 is 11.3 Å². The minimum Gasteiger partial charge on any atom is -0.760 e. The van der Waals surface area contributed by atoms with Crippen molar-refractivity contribution in [1.82, 2.24) is 10.0 Å². The highest BCUT2D eigenvalue weighted by Crippen LogP contribution is 2.10. The summed E-state index contributed by atoms with van der Waals surface area (Å²) in [5.41, 5.74) is 4.01. The molecule has 0 fully saturated rings. The summed E-state index contributed by atoms with van der Waals surface area (Å²) in [7, 11) is 0. The van der Waals surface area contributed by atoms with Crippen LogP contribution in [0, 0.1) is 0 Å². The Morgan fingerprint density at radius 1 is 0.688 bits per heavy atom. The predicted octanol–water partition coefficient (Wildman–Crippen LogP) is 4.69. The van der Waals surface area contributed by atoms with Gasteiger partial charge in [0, 0.05) is 37.6 Å². The van der Waals surface area contributed by atoms with Crippen molar-refractivity contribution in [3.05, 3.63) is 71.3 Å². The van der Waals surface area contributed by atoms with Crippen LogP contribution in [-0.2, 0) is 35.4 Å². The van der Waals surface area contributed by atoms with Crippen molar-refractivity contribution in [2.75, 3.05) is 26.3 Å². The molecule has 5 nitrogen and oxygen atoms in total. The highest BCUT2D eigenvalue weighted by molar-refractivity contribution is 7.77. The Bertz CT molecular complexity index is 726. The zero-order chi connectivity index (χ0) is 22.7. The lowest BCUT2D eigenvalue weighted by molar-refractivity contribution is 0.127. The number of hydrogen-bond donors (Lipinski definition) is 2. The van der Waals surface area contributed by atoms with Gasteiger partial charge in [-0.25, -0.2) is 4.72 Å². The lowest BCUT2D eigenvalue weighted by Crippen LogP contribution is -2.17. The number of nitrogens with one attached hydrogen (secondary N) is 2. The van der Waals surface area contributed by atoms with E-state index in [4.69, 9.17) is 4.74 Å². The first-order valence-electron chi connectivity index (χ1n) is 12.0. The molecule has 2 aromatic rings. The number of rotatable bonds is 19. The molecule has 32 heavy (non-hydrogen) atoms. The molecule has 0 aliphatic carbocycles. The van der Waals surface area contributed by atoms with E-state index < -0.39 is 11.3 Å². The number of benzene rings is 2. The van der Waals surface area contributed by atoms with E-state index in [0.717, 1.165) is 64.8 Å². The summed E-state index contributed by atoms with van der Waals surface area (Å²) < 4.78 is 29.0. The molecule has 0 aliphatic heterocycles. The van der Waals surface area contributed by atoms with Crippen LogP contribution in [-0.4, -0.2) is 35.1 Å². The van der Waals surface area contributed by atoms with Crippen LogP contribution in [0.2, 0.25) is 0 Å². The fourth-order valence-electron chi connectivity index (χ4n) is 3.60. The Morgan fingerprint density at radius 2 is 1.31 bits per heavy atom. The molecule has 1 atom stereocenters. The van der Waals surface area contributed by atoms with Crippen molar-refractivity contribution in [2.24, 2.45) is 0 Å². The molecule has 0 aromatic heterocycles. The van der Waals surface area contributed by atoms with E-state index >= 15 is 0 Å². The van der Waals surface area contributed by atoms with Gasteiger partial charge in [0.2, 0.25) is 0 Å². The Balaban J connectivity index is 1.36. The molecule has 0 bridgehead atoms. The molecule has 0 heterocycles. The van der Waals surface area contributed by atoms with Crippen LogP contribution in [0.15, 0.2) is 54.6 Å². The van der Waals surface area contributed by atoms with Gasteiger partial charge in [0.25, 0.3) is 0 Å². The molecular weight excluding hydrogens is 420 g/mol. The van der Waals surface area contributed by atoms with Gasteiger partial charge in [-0.2, -0.15) is 0 Å². The fraction of sp³-hybridized carbons (Fsp3) is 0.538. The quantitative estimate of drug-likeness (QED) is 0.236. The van der Waals surface area contributed by atoms with Gasteiger partial charge in [0.15, 0.2) is 0 Å². The Morgan fingerprint density at radius 3 is 2.03 bits per heavy atom. The molecule has 0 radical (unpaired) electrons. The lowest BCUT2D eigenvalue weighted by Gasteiger charge is -2.08. The summed E-state index contributed by atoms with van der Waals surface area (Å²) in [5, 5.41) is 3.50. The molecule has 2 N–H and O–H groups in total. The van der Waals surface area contributed by atoms with Gasteiger partial charge >= 0.3 is 0 Å². The molecule has 178 valence electrons. The number of hydrogen-bond acceptors (Lipinski definition) is 4. The van der Waals surface area contributed by atoms with Crippen molar-refractivity contribution < 1.29 is 13.5 Å². The van der Waals surface area contributed by atoms with E-state index in [0.29, 0.717) is 6.54 Å². The lowest BCUT2D eigenvalue weighted by atomic mass is 10.0.